The minimum Gasteiger partial charge on any atom is -0.396 e. The van der Waals surface area contributed by atoms with Gasteiger partial charge in [0.25, 0.3) is 0 Å². The molecule has 1 aliphatic carbocycles. The van der Waals surface area contributed by atoms with Gasteiger partial charge in [-0.2, -0.15) is 0 Å². The summed E-state index contributed by atoms with van der Waals surface area (Å²) in [6.45, 7) is 0. The third-order valence-corrected chi connectivity index (χ3v) is 3.48. The number of hydrogen-bond donors (Lipinski definition) is 2. The molecule has 0 spiro atoms. The number of hydrogen-bond acceptors (Lipinski definition) is 2. The first-order valence-electron chi connectivity index (χ1n) is 6.50. The van der Waals surface area contributed by atoms with Crippen LogP contribution in [0.1, 0.15) is 38.5 Å². The van der Waals surface area contributed by atoms with Crippen molar-refractivity contribution < 1.29 is 9.18 Å². The molecule has 1 saturated carbocycles. The topological polar surface area (TPSA) is 55.1 Å². The Labute approximate surface area is 107 Å². The average molecular weight is 250 g/mol. The summed E-state index contributed by atoms with van der Waals surface area (Å²) in [5.41, 5.74) is 5.95. The molecule has 1 amide bonds. The van der Waals surface area contributed by atoms with E-state index in [9.17, 15) is 9.18 Å². The molecule has 0 radical (unpaired) electrons. The Morgan fingerprint density at radius 3 is 2.72 bits per heavy atom. The van der Waals surface area contributed by atoms with Gasteiger partial charge in [0, 0.05) is 12.1 Å². The lowest BCUT2D eigenvalue weighted by Gasteiger charge is -2.20. The van der Waals surface area contributed by atoms with Crippen molar-refractivity contribution in [3.63, 3.8) is 0 Å². The number of halogens is 1. The molecule has 0 unspecified atom stereocenters. The molecular formula is C14H19FN2O. The summed E-state index contributed by atoms with van der Waals surface area (Å²) in [5.74, 6) is -0.0473. The molecule has 18 heavy (non-hydrogen) atoms. The van der Waals surface area contributed by atoms with E-state index in [-0.39, 0.29) is 11.6 Å². The predicted octanol–water partition coefficient (Wildman–Crippen LogP) is 3.32. The number of nitrogen functional groups attached to an aromatic ring is 1. The van der Waals surface area contributed by atoms with E-state index in [0.29, 0.717) is 18.0 Å². The van der Waals surface area contributed by atoms with Gasteiger partial charge in [0.15, 0.2) is 0 Å². The molecule has 0 aliphatic heterocycles. The van der Waals surface area contributed by atoms with Gasteiger partial charge in [-0.05, 0) is 37.0 Å². The fourth-order valence-electron chi connectivity index (χ4n) is 2.47. The van der Waals surface area contributed by atoms with Crippen LogP contribution in [-0.4, -0.2) is 5.91 Å². The lowest BCUT2D eigenvalue weighted by Crippen LogP contribution is -2.18. The number of carbonyl (C=O) groups excluding carboxylic acids is 1. The summed E-state index contributed by atoms with van der Waals surface area (Å²) in [7, 11) is 0. The van der Waals surface area contributed by atoms with Crippen LogP contribution in [0.25, 0.3) is 0 Å². The van der Waals surface area contributed by atoms with Gasteiger partial charge in [-0.15, -0.1) is 0 Å². The van der Waals surface area contributed by atoms with Gasteiger partial charge in [0.05, 0.1) is 5.69 Å². The van der Waals surface area contributed by atoms with Crippen LogP contribution in [0.5, 0.6) is 0 Å². The molecule has 1 aliphatic rings. The monoisotopic (exact) mass is 250 g/mol. The molecular weight excluding hydrogens is 231 g/mol. The zero-order valence-electron chi connectivity index (χ0n) is 10.4. The minimum atomic E-state index is -0.495. The van der Waals surface area contributed by atoms with Crippen molar-refractivity contribution in [3.05, 3.63) is 24.0 Å². The second-order valence-electron chi connectivity index (χ2n) is 4.99. The Hall–Kier alpha value is -1.58. The van der Waals surface area contributed by atoms with Gasteiger partial charge in [-0.3, -0.25) is 4.79 Å². The van der Waals surface area contributed by atoms with Gasteiger partial charge in [0.2, 0.25) is 5.91 Å². The summed E-state index contributed by atoms with van der Waals surface area (Å²) >= 11 is 0. The number of amides is 1. The number of benzene rings is 1. The normalized spacial score (nSPS) is 16.5. The van der Waals surface area contributed by atoms with Crippen LogP contribution >= 0.6 is 0 Å². The fourth-order valence-corrected chi connectivity index (χ4v) is 2.47. The van der Waals surface area contributed by atoms with E-state index >= 15 is 0 Å². The molecule has 2 rings (SSSR count). The van der Waals surface area contributed by atoms with Crippen LogP contribution in [0.4, 0.5) is 15.8 Å². The van der Waals surface area contributed by atoms with Gasteiger partial charge < -0.3 is 11.1 Å². The van der Waals surface area contributed by atoms with Crippen LogP contribution in [-0.2, 0) is 4.79 Å². The third kappa shape index (κ3) is 3.45. The summed E-state index contributed by atoms with van der Waals surface area (Å²) in [5, 5.41) is 2.72. The average Bonchev–Trinajstić information content (AvgIpc) is 2.35. The smallest absolute Gasteiger partial charge is 0.224 e. The zero-order valence-corrected chi connectivity index (χ0v) is 10.4. The fraction of sp³-hybridized carbons (Fsp3) is 0.500. The maximum atomic E-state index is 13.2. The molecule has 4 heteroatoms. The summed E-state index contributed by atoms with van der Waals surface area (Å²) in [4.78, 5) is 11.8. The van der Waals surface area contributed by atoms with E-state index in [4.69, 9.17) is 5.73 Å². The van der Waals surface area contributed by atoms with Crippen molar-refractivity contribution in [2.75, 3.05) is 11.1 Å². The van der Waals surface area contributed by atoms with Gasteiger partial charge >= 0.3 is 0 Å². The van der Waals surface area contributed by atoms with Crippen molar-refractivity contribution in [3.8, 4) is 0 Å². The molecule has 0 aromatic heterocycles. The lowest BCUT2D eigenvalue weighted by atomic mass is 9.87. The van der Waals surface area contributed by atoms with Gasteiger partial charge in [0.1, 0.15) is 5.82 Å². The first-order chi connectivity index (χ1) is 8.65. The van der Waals surface area contributed by atoms with E-state index < -0.39 is 5.82 Å². The molecule has 1 aromatic rings. The first-order valence-corrected chi connectivity index (χ1v) is 6.50. The van der Waals surface area contributed by atoms with Crippen LogP contribution in [0.3, 0.4) is 0 Å². The molecule has 0 atom stereocenters. The second kappa shape index (κ2) is 5.85. The van der Waals surface area contributed by atoms with E-state index in [2.05, 4.69) is 5.32 Å². The number of carbonyl (C=O) groups is 1. The number of nitrogens with two attached hydrogens (primary N) is 1. The largest absolute Gasteiger partial charge is 0.396 e. The van der Waals surface area contributed by atoms with Gasteiger partial charge in [-0.25, -0.2) is 4.39 Å². The highest BCUT2D eigenvalue weighted by atomic mass is 19.1. The van der Waals surface area contributed by atoms with E-state index in [0.717, 1.165) is 12.8 Å². The third-order valence-electron chi connectivity index (χ3n) is 3.48. The highest BCUT2D eigenvalue weighted by Gasteiger charge is 2.17. The van der Waals surface area contributed by atoms with Crippen LogP contribution in [0, 0.1) is 11.7 Å². The zero-order chi connectivity index (χ0) is 13.0. The van der Waals surface area contributed by atoms with Crippen LogP contribution in [0.15, 0.2) is 18.2 Å². The Balaban J connectivity index is 1.88. The van der Waals surface area contributed by atoms with Crippen molar-refractivity contribution >= 4 is 17.3 Å². The van der Waals surface area contributed by atoms with E-state index in [1.165, 1.54) is 31.4 Å². The summed E-state index contributed by atoms with van der Waals surface area (Å²) in [6.07, 6.45) is 6.50. The van der Waals surface area contributed by atoms with Crippen molar-refractivity contribution in [2.45, 2.75) is 38.5 Å². The Morgan fingerprint density at radius 1 is 1.33 bits per heavy atom. The molecule has 98 valence electrons. The number of anilines is 2. The summed E-state index contributed by atoms with van der Waals surface area (Å²) < 4.78 is 13.2. The maximum Gasteiger partial charge on any atom is 0.224 e. The van der Waals surface area contributed by atoms with Crippen molar-refractivity contribution in [1.29, 1.82) is 0 Å². The molecule has 0 saturated heterocycles. The van der Waals surface area contributed by atoms with E-state index in [1.54, 1.807) is 6.07 Å². The van der Waals surface area contributed by atoms with Crippen molar-refractivity contribution in [1.82, 2.24) is 0 Å². The van der Waals surface area contributed by atoms with Gasteiger partial charge in [-0.1, -0.05) is 19.3 Å². The molecule has 0 heterocycles. The quantitative estimate of drug-likeness (QED) is 0.808. The first kappa shape index (κ1) is 12.9. The Kier molecular flexibility index (Phi) is 4.18. The predicted molar refractivity (Wildman–Crippen MR) is 70.6 cm³/mol. The standard InChI is InChI=1S/C14H19FN2O/c15-12-9-11(6-7-13(12)16)17-14(18)8-10-4-2-1-3-5-10/h6-7,9-10H,1-5,8,16H2,(H,17,18). The second-order valence-corrected chi connectivity index (χ2v) is 4.99. The van der Waals surface area contributed by atoms with Crippen LogP contribution in [0.2, 0.25) is 0 Å². The summed E-state index contributed by atoms with van der Waals surface area (Å²) in [6, 6.07) is 4.34. The molecule has 0 bridgehead atoms. The molecule has 1 aromatic carbocycles. The Bertz CT molecular complexity index is 428. The van der Waals surface area contributed by atoms with Crippen LogP contribution < -0.4 is 11.1 Å². The molecule has 3 nitrogen and oxygen atoms in total. The molecule has 1 fully saturated rings. The SMILES string of the molecule is Nc1ccc(NC(=O)CC2CCCCC2)cc1F. The van der Waals surface area contributed by atoms with E-state index in [1.807, 2.05) is 0 Å². The number of rotatable bonds is 3. The van der Waals surface area contributed by atoms with Crippen molar-refractivity contribution in [2.24, 2.45) is 5.92 Å². The maximum absolute atomic E-state index is 13.2. The lowest BCUT2D eigenvalue weighted by molar-refractivity contribution is -0.117. The highest BCUT2D eigenvalue weighted by molar-refractivity contribution is 5.91. The Morgan fingerprint density at radius 2 is 2.06 bits per heavy atom. The number of nitrogens with one attached hydrogen (secondary N) is 1. The highest BCUT2D eigenvalue weighted by Crippen LogP contribution is 2.26. The molecule has 3 N–H and O–H groups in total. The minimum absolute atomic E-state index is 0.0360.